The SMILES string of the molecule is CCCNC(Cc1ccccn1)Cc1nnn(C)n1. The maximum absolute atomic E-state index is 4.37. The zero-order valence-corrected chi connectivity index (χ0v) is 11.5. The van der Waals surface area contributed by atoms with Crippen molar-refractivity contribution in [2.24, 2.45) is 7.05 Å². The second kappa shape index (κ2) is 6.94. The molecule has 0 aromatic carbocycles. The fourth-order valence-corrected chi connectivity index (χ4v) is 1.96. The van der Waals surface area contributed by atoms with E-state index in [2.05, 4.69) is 32.6 Å². The summed E-state index contributed by atoms with van der Waals surface area (Å²) in [6, 6.07) is 6.28. The topological polar surface area (TPSA) is 68.5 Å². The molecule has 2 aromatic heterocycles. The number of aryl methyl sites for hydroxylation is 1. The van der Waals surface area contributed by atoms with Crippen LogP contribution in [0.15, 0.2) is 24.4 Å². The molecule has 0 spiro atoms. The summed E-state index contributed by atoms with van der Waals surface area (Å²) in [7, 11) is 1.78. The van der Waals surface area contributed by atoms with Gasteiger partial charge < -0.3 is 5.32 Å². The van der Waals surface area contributed by atoms with Crippen LogP contribution in [0.1, 0.15) is 24.9 Å². The highest BCUT2D eigenvalue weighted by molar-refractivity contribution is 5.06. The summed E-state index contributed by atoms with van der Waals surface area (Å²) in [4.78, 5) is 5.86. The highest BCUT2D eigenvalue weighted by Gasteiger charge is 2.13. The Bertz CT molecular complexity index is 481. The Balaban J connectivity index is 1.99. The van der Waals surface area contributed by atoms with Crippen molar-refractivity contribution in [3.8, 4) is 0 Å². The first kappa shape index (κ1) is 13.6. The minimum absolute atomic E-state index is 0.291. The lowest BCUT2D eigenvalue weighted by molar-refractivity contribution is 0.490. The number of tetrazole rings is 1. The molecule has 1 unspecified atom stereocenters. The Morgan fingerprint density at radius 2 is 2.21 bits per heavy atom. The third kappa shape index (κ3) is 4.40. The van der Waals surface area contributed by atoms with Crippen LogP contribution in [0.3, 0.4) is 0 Å². The van der Waals surface area contributed by atoms with Crippen molar-refractivity contribution in [1.82, 2.24) is 30.5 Å². The number of hydrogen-bond acceptors (Lipinski definition) is 5. The van der Waals surface area contributed by atoms with Gasteiger partial charge in [0.2, 0.25) is 0 Å². The Labute approximate surface area is 113 Å². The Morgan fingerprint density at radius 3 is 2.84 bits per heavy atom. The zero-order valence-electron chi connectivity index (χ0n) is 11.5. The molecular weight excluding hydrogens is 240 g/mol. The third-order valence-electron chi connectivity index (χ3n) is 2.84. The molecule has 19 heavy (non-hydrogen) atoms. The molecule has 0 aliphatic heterocycles. The quantitative estimate of drug-likeness (QED) is 0.796. The molecule has 6 heteroatoms. The van der Waals surface area contributed by atoms with Crippen molar-refractivity contribution in [1.29, 1.82) is 0 Å². The number of nitrogens with one attached hydrogen (secondary N) is 1. The molecule has 0 aliphatic rings. The van der Waals surface area contributed by atoms with E-state index in [0.717, 1.165) is 37.3 Å². The van der Waals surface area contributed by atoms with Crippen molar-refractivity contribution in [2.75, 3.05) is 6.54 Å². The highest BCUT2D eigenvalue weighted by atomic mass is 15.6. The number of pyridine rings is 1. The van der Waals surface area contributed by atoms with Gasteiger partial charge in [-0.15, -0.1) is 10.2 Å². The minimum Gasteiger partial charge on any atom is -0.313 e. The molecule has 1 atom stereocenters. The highest BCUT2D eigenvalue weighted by Crippen LogP contribution is 2.04. The van der Waals surface area contributed by atoms with Crippen LogP contribution in [0.4, 0.5) is 0 Å². The van der Waals surface area contributed by atoms with E-state index in [1.165, 1.54) is 4.80 Å². The maximum atomic E-state index is 4.37. The summed E-state index contributed by atoms with van der Waals surface area (Å²) in [6.07, 6.45) is 4.57. The molecule has 0 bridgehead atoms. The van der Waals surface area contributed by atoms with E-state index in [1.807, 2.05) is 24.4 Å². The summed E-state index contributed by atoms with van der Waals surface area (Å²) in [6.45, 7) is 3.14. The fourth-order valence-electron chi connectivity index (χ4n) is 1.96. The van der Waals surface area contributed by atoms with Crippen molar-refractivity contribution < 1.29 is 0 Å². The van der Waals surface area contributed by atoms with Crippen LogP contribution in [0, 0.1) is 0 Å². The van der Waals surface area contributed by atoms with Crippen LogP contribution in [0.25, 0.3) is 0 Å². The van der Waals surface area contributed by atoms with Gasteiger partial charge in [-0.3, -0.25) is 4.98 Å². The maximum Gasteiger partial charge on any atom is 0.176 e. The monoisotopic (exact) mass is 260 g/mol. The molecule has 2 heterocycles. The molecule has 1 N–H and O–H groups in total. The molecule has 0 aliphatic carbocycles. The predicted molar refractivity (Wildman–Crippen MR) is 72.5 cm³/mol. The molecule has 2 rings (SSSR count). The molecule has 0 amide bonds. The first-order valence-corrected chi connectivity index (χ1v) is 6.64. The Morgan fingerprint density at radius 1 is 1.32 bits per heavy atom. The lowest BCUT2D eigenvalue weighted by Crippen LogP contribution is -2.34. The first-order chi connectivity index (χ1) is 9.28. The second-order valence-corrected chi connectivity index (χ2v) is 4.58. The molecule has 0 saturated carbocycles. The van der Waals surface area contributed by atoms with Gasteiger partial charge >= 0.3 is 0 Å². The summed E-state index contributed by atoms with van der Waals surface area (Å²) in [5.74, 6) is 0.770. The predicted octanol–water partition coefficient (Wildman–Crippen LogP) is 0.758. The van der Waals surface area contributed by atoms with Gasteiger partial charge in [-0.2, -0.15) is 4.80 Å². The lowest BCUT2D eigenvalue weighted by atomic mass is 10.1. The number of aromatic nitrogens is 5. The van der Waals surface area contributed by atoms with E-state index >= 15 is 0 Å². The number of nitrogens with zero attached hydrogens (tertiary/aromatic N) is 5. The minimum atomic E-state index is 0.291. The first-order valence-electron chi connectivity index (χ1n) is 6.64. The van der Waals surface area contributed by atoms with Gasteiger partial charge in [0, 0.05) is 30.8 Å². The fraction of sp³-hybridized carbons (Fsp3) is 0.538. The van der Waals surface area contributed by atoms with E-state index in [4.69, 9.17) is 0 Å². The standard InChI is InChI=1S/C13H20N6/c1-3-7-14-12(9-11-6-4-5-8-15-11)10-13-16-18-19(2)17-13/h4-6,8,12,14H,3,7,9-10H2,1-2H3. The van der Waals surface area contributed by atoms with Gasteiger partial charge in [0.25, 0.3) is 0 Å². The van der Waals surface area contributed by atoms with Crippen LogP contribution in [0.5, 0.6) is 0 Å². The van der Waals surface area contributed by atoms with Gasteiger partial charge in [-0.25, -0.2) is 0 Å². The van der Waals surface area contributed by atoms with E-state index in [9.17, 15) is 0 Å². The van der Waals surface area contributed by atoms with Crippen molar-refractivity contribution in [3.63, 3.8) is 0 Å². The van der Waals surface area contributed by atoms with E-state index in [0.29, 0.717) is 6.04 Å². The van der Waals surface area contributed by atoms with Gasteiger partial charge in [-0.05, 0) is 30.3 Å². The summed E-state index contributed by atoms with van der Waals surface area (Å²) >= 11 is 0. The largest absolute Gasteiger partial charge is 0.313 e. The van der Waals surface area contributed by atoms with E-state index in [-0.39, 0.29) is 0 Å². The third-order valence-corrected chi connectivity index (χ3v) is 2.84. The number of rotatable bonds is 7. The van der Waals surface area contributed by atoms with Gasteiger partial charge in [0.1, 0.15) is 0 Å². The molecule has 6 nitrogen and oxygen atoms in total. The van der Waals surface area contributed by atoms with Gasteiger partial charge in [-0.1, -0.05) is 13.0 Å². The van der Waals surface area contributed by atoms with Gasteiger partial charge in [0.05, 0.1) is 7.05 Å². The smallest absolute Gasteiger partial charge is 0.176 e. The van der Waals surface area contributed by atoms with Crippen LogP contribution in [0.2, 0.25) is 0 Å². The van der Waals surface area contributed by atoms with Crippen LogP contribution >= 0.6 is 0 Å². The lowest BCUT2D eigenvalue weighted by Gasteiger charge is -2.16. The summed E-state index contributed by atoms with van der Waals surface area (Å²) in [5, 5.41) is 15.7. The summed E-state index contributed by atoms with van der Waals surface area (Å²) < 4.78 is 0. The average Bonchev–Trinajstić information content (AvgIpc) is 2.82. The van der Waals surface area contributed by atoms with Crippen LogP contribution in [-0.4, -0.2) is 37.8 Å². The van der Waals surface area contributed by atoms with Gasteiger partial charge in [0.15, 0.2) is 5.82 Å². The van der Waals surface area contributed by atoms with E-state index < -0.39 is 0 Å². The average molecular weight is 260 g/mol. The van der Waals surface area contributed by atoms with Crippen molar-refractivity contribution in [2.45, 2.75) is 32.2 Å². The summed E-state index contributed by atoms with van der Waals surface area (Å²) in [5.41, 5.74) is 1.08. The molecule has 2 aromatic rings. The molecule has 0 saturated heterocycles. The van der Waals surface area contributed by atoms with Crippen LogP contribution < -0.4 is 5.32 Å². The van der Waals surface area contributed by atoms with Crippen LogP contribution in [-0.2, 0) is 19.9 Å². The molecule has 102 valence electrons. The number of hydrogen-bond donors (Lipinski definition) is 1. The Kier molecular flexibility index (Phi) is 4.97. The molecule has 0 fully saturated rings. The molecular formula is C13H20N6. The van der Waals surface area contributed by atoms with Crippen molar-refractivity contribution >= 4 is 0 Å². The Hall–Kier alpha value is -1.82. The second-order valence-electron chi connectivity index (χ2n) is 4.58. The normalized spacial score (nSPS) is 12.5. The molecule has 0 radical (unpaired) electrons. The zero-order chi connectivity index (χ0) is 13.5. The van der Waals surface area contributed by atoms with E-state index in [1.54, 1.807) is 7.05 Å². The van der Waals surface area contributed by atoms with Crippen molar-refractivity contribution in [3.05, 3.63) is 35.9 Å².